The van der Waals surface area contributed by atoms with E-state index in [4.69, 9.17) is 5.73 Å². The number of hydrogen-bond donors (Lipinski definition) is 2. The van der Waals surface area contributed by atoms with Crippen LogP contribution in [0.25, 0.3) is 0 Å². The molecule has 0 spiro atoms. The van der Waals surface area contributed by atoms with Gasteiger partial charge in [-0.1, -0.05) is 43.3 Å². The maximum absolute atomic E-state index is 12.7. The highest BCUT2D eigenvalue weighted by Crippen LogP contribution is 2.22. The average molecular weight is 402 g/mol. The predicted octanol–water partition coefficient (Wildman–Crippen LogP) is 4.01. The van der Waals surface area contributed by atoms with Crippen LogP contribution >= 0.6 is 12.4 Å². The summed E-state index contributed by atoms with van der Waals surface area (Å²) in [5.74, 6) is -0.525. The third-order valence-corrected chi connectivity index (χ3v) is 5.16. The van der Waals surface area contributed by atoms with Crippen LogP contribution in [0, 0.1) is 5.92 Å². The lowest BCUT2D eigenvalue weighted by molar-refractivity contribution is -0.120. The highest BCUT2D eigenvalue weighted by molar-refractivity contribution is 5.97. The summed E-state index contributed by atoms with van der Waals surface area (Å²) in [4.78, 5) is 27.2. The summed E-state index contributed by atoms with van der Waals surface area (Å²) in [5.41, 5.74) is 8.40. The van der Waals surface area contributed by atoms with Gasteiger partial charge in [0.25, 0.3) is 5.91 Å². The Morgan fingerprint density at radius 3 is 2.36 bits per heavy atom. The first-order valence-corrected chi connectivity index (χ1v) is 9.57. The van der Waals surface area contributed by atoms with Crippen LogP contribution in [0.3, 0.4) is 0 Å². The number of piperidine rings is 1. The van der Waals surface area contributed by atoms with E-state index >= 15 is 0 Å². The molecule has 1 aliphatic heterocycles. The molecule has 0 bridgehead atoms. The van der Waals surface area contributed by atoms with Crippen LogP contribution < -0.4 is 11.1 Å². The van der Waals surface area contributed by atoms with Gasteiger partial charge in [0, 0.05) is 30.4 Å². The molecule has 6 heteroatoms. The number of likely N-dealkylation sites (tertiary alicyclic amines) is 1. The number of nitrogens with zero attached hydrogens (tertiary/aromatic N) is 1. The van der Waals surface area contributed by atoms with Crippen LogP contribution in [0.4, 0.5) is 5.69 Å². The quantitative estimate of drug-likeness (QED) is 0.794. The van der Waals surface area contributed by atoms with Gasteiger partial charge in [-0.15, -0.1) is 12.4 Å². The van der Waals surface area contributed by atoms with Gasteiger partial charge in [0.2, 0.25) is 5.91 Å². The molecule has 1 heterocycles. The Hall–Kier alpha value is -2.37. The lowest BCUT2D eigenvalue weighted by atomic mass is 9.94. The molecule has 0 aromatic heterocycles. The number of carbonyl (C=O) groups excluding carboxylic acids is 2. The molecule has 0 aliphatic carbocycles. The molecule has 0 radical (unpaired) electrons. The third kappa shape index (κ3) is 5.33. The molecule has 3 rings (SSSR count). The normalized spacial score (nSPS) is 15.9. The van der Waals surface area contributed by atoms with Gasteiger partial charge in [-0.3, -0.25) is 9.59 Å². The van der Waals surface area contributed by atoms with Crippen molar-refractivity contribution >= 4 is 29.9 Å². The Bertz CT molecular complexity index is 791. The largest absolute Gasteiger partial charge is 0.339 e. The van der Waals surface area contributed by atoms with Crippen molar-refractivity contribution in [1.29, 1.82) is 0 Å². The van der Waals surface area contributed by atoms with Gasteiger partial charge in [-0.25, -0.2) is 0 Å². The van der Waals surface area contributed by atoms with Gasteiger partial charge in [-0.05, 0) is 43.0 Å². The number of carbonyl (C=O) groups is 2. The Labute approximate surface area is 172 Å². The van der Waals surface area contributed by atoms with Crippen molar-refractivity contribution in [3.05, 3.63) is 65.7 Å². The zero-order valence-corrected chi connectivity index (χ0v) is 17.0. The summed E-state index contributed by atoms with van der Waals surface area (Å²) < 4.78 is 0. The van der Waals surface area contributed by atoms with Crippen LogP contribution in [-0.2, 0) is 4.79 Å². The first-order valence-electron chi connectivity index (χ1n) is 9.57. The highest BCUT2D eigenvalue weighted by atomic mass is 35.5. The highest BCUT2D eigenvalue weighted by Gasteiger charge is 2.23. The van der Waals surface area contributed by atoms with Gasteiger partial charge >= 0.3 is 0 Å². The van der Waals surface area contributed by atoms with Crippen molar-refractivity contribution in [1.82, 2.24) is 4.90 Å². The summed E-state index contributed by atoms with van der Waals surface area (Å²) in [6, 6.07) is 16.3. The van der Waals surface area contributed by atoms with Crippen molar-refractivity contribution in [2.24, 2.45) is 11.7 Å². The molecule has 2 unspecified atom stereocenters. The second-order valence-corrected chi connectivity index (χ2v) is 7.15. The molecule has 2 aromatic carbocycles. The Morgan fingerprint density at radius 2 is 1.68 bits per heavy atom. The molecule has 1 aliphatic rings. The summed E-state index contributed by atoms with van der Waals surface area (Å²) in [5, 5.41) is 2.90. The second-order valence-electron chi connectivity index (χ2n) is 7.15. The SMILES string of the molecule is CC(C(=O)Nc1cccc(C(=O)N2CCCCC2)c1)C(N)c1ccccc1.Cl. The van der Waals surface area contributed by atoms with E-state index in [0.717, 1.165) is 31.5 Å². The maximum Gasteiger partial charge on any atom is 0.253 e. The predicted molar refractivity (Wildman–Crippen MR) is 115 cm³/mol. The maximum atomic E-state index is 12.7. The lowest BCUT2D eigenvalue weighted by Gasteiger charge is -2.27. The Kier molecular flexibility index (Phi) is 8.03. The minimum atomic E-state index is -0.395. The number of halogens is 1. The van der Waals surface area contributed by atoms with Crippen molar-refractivity contribution in [3.8, 4) is 0 Å². The average Bonchev–Trinajstić information content (AvgIpc) is 2.73. The number of nitrogens with one attached hydrogen (secondary N) is 1. The molecular formula is C22H28ClN3O2. The topological polar surface area (TPSA) is 75.4 Å². The van der Waals surface area contributed by atoms with Gasteiger partial charge in [-0.2, -0.15) is 0 Å². The zero-order chi connectivity index (χ0) is 19.2. The smallest absolute Gasteiger partial charge is 0.253 e. The molecule has 2 aromatic rings. The minimum absolute atomic E-state index is 0. The van der Waals surface area contributed by atoms with E-state index in [0.29, 0.717) is 11.3 Å². The summed E-state index contributed by atoms with van der Waals surface area (Å²) in [6.07, 6.45) is 3.29. The van der Waals surface area contributed by atoms with Gasteiger partial charge < -0.3 is 16.0 Å². The molecule has 2 amide bonds. The van der Waals surface area contributed by atoms with Gasteiger partial charge in [0.1, 0.15) is 0 Å². The molecule has 3 N–H and O–H groups in total. The lowest BCUT2D eigenvalue weighted by Crippen LogP contribution is -2.35. The molecule has 1 fully saturated rings. The van der Waals surface area contributed by atoms with Crippen LogP contribution in [0.2, 0.25) is 0 Å². The van der Waals surface area contributed by atoms with Crippen LogP contribution in [0.5, 0.6) is 0 Å². The number of rotatable bonds is 5. The minimum Gasteiger partial charge on any atom is -0.339 e. The van der Waals surface area contributed by atoms with E-state index in [1.54, 1.807) is 24.3 Å². The Morgan fingerprint density at radius 1 is 1.00 bits per heavy atom. The van der Waals surface area contributed by atoms with Gasteiger partial charge in [0.15, 0.2) is 0 Å². The molecule has 5 nitrogen and oxygen atoms in total. The summed E-state index contributed by atoms with van der Waals surface area (Å²) >= 11 is 0. The van der Waals surface area contributed by atoms with Crippen LogP contribution in [-0.4, -0.2) is 29.8 Å². The molecule has 28 heavy (non-hydrogen) atoms. The fourth-order valence-corrected chi connectivity index (χ4v) is 3.39. The molecule has 150 valence electrons. The molecule has 0 saturated carbocycles. The number of amides is 2. The first-order chi connectivity index (χ1) is 13.1. The first kappa shape index (κ1) is 21.9. The van der Waals surface area contributed by atoms with Crippen molar-refractivity contribution in [2.45, 2.75) is 32.2 Å². The van der Waals surface area contributed by atoms with E-state index in [-0.39, 0.29) is 30.3 Å². The molecule has 2 atom stereocenters. The number of nitrogens with two attached hydrogens (primary N) is 1. The number of hydrogen-bond acceptors (Lipinski definition) is 3. The number of anilines is 1. The van der Waals surface area contributed by atoms with Crippen LogP contribution in [0.1, 0.15) is 48.1 Å². The molecular weight excluding hydrogens is 374 g/mol. The molecule has 1 saturated heterocycles. The monoisotopic (exact) mass is 401 g/mol. The third-order valence-electron chi connectivity index (χ3n) is 5.16. The van der Waals surface area contributed by atoms with Crippen molar-refractivity contribution in [2.75, 3.05) is 18.4 Å². The van der Waals surface area contributed by atoms with E-state index in [9.17, 15) is 9.59 Å². The van der Waals surface area contributed by atoms with E-state index in [1.807, 2.05) is 42.2 Å². The fraction of sp³-hybridized carbons (Fsp3) is 0.364. The van der Waals surface area contributed by atoms with Crippen molar-refractivity contribution < 1.29 is 9.59 Å². The van der Waals surface area contributed by atoms with Gasteiger partial charge in [0.05, 0.1) is 5.92 Å². The fourth-order valence-electron chi connectivity index (χ4n) is 3.39. The Balaban J connectivity index is 0.00000280. The van der Waals surface area contributed by atoms with E-state index < -0.39 is 5.92 Å². The van der Waals surface area contributed by atoms with Crippen LogP contribution in [0.15, 0.2) is 54.6 Å². The summed E-state index contributed by atoms with van der Waals surface area (Å²) in [7, 11) is 0. The number of benzene rings is 2. The van der Waals surface area contributed by atoms with E-state index in [2.05, 4.69) is 5.32 Å². The van der Waals surface area contributed by atoms with E-state index in [1.165, 1.54) is 6.42 Å². The zero-order valence-electron chi connectivity index (χ0n) is 16.1. The summed E-state index contributed by atoms with van der Waals surface area (Å²) in [6.45, 7) is 3.42. The van der Waals surface area contributed by atoms with Crippen molar-refractivity contribution in [3.63, 3.8) is 0 Å². The standard InChI is InChI=1S/C22H27N3O2.ClH/c1-16(20(23)17-9-4-2-5-10-17)21(26)24-19-12-8-11-18(15-19)22(27)25-13-6-3-7-14-25;/h2,4-5,8-12,15-16,20H,3,6-7,13-14,23H2,1H3,(H,24,26);1H. The second kappa shape index (κ2) is 10.2.